The molecule has 1 rings (SSSR count). The minimum absolute atomic E-state index is 0.261. The molecule has 0 radical (unpaired) electrons. The van der Waals surface area contributed by atoms with Crippen molar-refractivity contribution in [3.63, 3.8) is 0 Å². The number of benzene rings is 1. The largest absolute Gasteiger partial charge is 0.179 e. The van der Waals surface area contributed by atoms with Crippen molar-refractivity contribution in [2.24, 2.45) is 0 Å². The Morgan fingerprint density at radius 1 is 1.21 bits per heavy atom. The summed E-state index contributed by atoms with van der Waals surface area (Å²) in [5.41, 5.74) is 3.12. The third kappa shape index (κ3) is 3.38. The van der Waals surface area contributed by atoms with E-state index in [4.69, 9.17) is 0 Å². The first kappa shape index (κ1) is 11.6. The fraction of sp³-hybridized carbons (Fsp3) is 0.538. The molecule has 0 aliphatic heterocycles. The lowest BCUT2D eigenvalue weighted by molar-refractivity contribution is 0.589. The first-order valence-electron chi connectivity index (χ1n) is 5.24. The molecule has 0 N–H and O–H groups in total. The predicted octanol–water partition coefficient (Wildman–Crippen LogP) is 3.85. The Bertz CT molecular complexity index is 284. The van der Waals surface area contributed by atoms with Crippen LogP contribution in [-0.2, 0) is 11.8 Å². The van der Waals surface area contributed by atoms with Crippen LogP contribution < -0.4 is 0 Å². The van der Waals surface area contributed by atoms with Crippen LogP contribution in [0.15, 0.2) is 24.3 Å². The summed E-state index contributed by atoms with van der Waals surface area (Å²) in [7, 11) is 0. The Morgan fingerprint density at radius 3 is 2.50 bits per heavy atom. The van der Waals surface area contributed by atoms with Crippen molar-refractivity contribution in [2.45, 2.75) is 39.0 Å². The number of thiol groups is 1. The van der Waals surface area contributed by atoms with E-state index >= 15 is 0 Å². The van der Waals surface area contributed by atoms with E-state index in [1.165, 1.54) is 11.1 Å². The molecule has 78 valence electrons. The summed E-state index contributed by atoms with van der Waals surface area (Å²) in [5.74, 6) is 0.972. The highest BCUT2D eigenvalue weighted by atomic mass is 32.1. The Morgan fingerprint density at radius 2 is 1.93 bits per heavy atom. The highest BCUT2D eigenvalue weighted by Crippen LogP contribution is 2.23. The van der Waals surface area contributed by atoms with E-state index in [1.807, 2.05) is 0 Å². The molecular weight excluding hydrogens is 188 g/mol. The quantitative estimate of drug-likeness (QED) is 0.717. The minimum atomic E-state index is 0.261. The van der Waals surface area contributed by atoms with Gasteiger partial charge in [-0.15, -0.1) is 0 Å². The summed E-state index contributed by atoms with van der Waals surface area (Å²) in [6, 6.07) is 8.90. The molecular formula is C13H20S. The standard InChI is InChI=1S/C13H20S/c1-13(2,3)12-8-4-6-11(10-12)7-5-9-14/h4,6,8,10,14H,5,7,9H2,1-3H3. The Balaban J connectivity index is 2.79. The van der Waals surface area contributed by atoms with Crippen LogP contribution in [0.25, 0.3) is 0 Å². The van der Waals surface area contributed by atoms with E-state index in [-0.39, 0.29) is 5.41 Å². The summed E-state index contributed by atoms with van der Waals surface area (Å²) in [6.07, 6.45) is 2.31. The molecule has 0 saturated carbocycles. The maximum atomic E-state index is 4.23. The van der Waals surface area contributed by atoms with E-state index in [0.717, 1.165) is 18.6 Å². The number of hydrogen-bond acceptors (Lipinski definition) is 1. The van der Waals surface area contributed by atoms with Crippen LogP contribution in [0, 0.1) is 0 Å². The summed E-state index contributed by atoms with van der Waals surface area (Å²) < 4.78 is 0. The minimum Gasteiger partial charge on any atom is -0.179 e. The molecule has 14 heavy (non-hydrogen) atoms. The topological polar surface area (TPSA) is 0 Å². The van der Waals surface area contributed by atoms with Crippen LogP contribution in [0.4, 0.5) is 0 Å². The van der Waals surface area contributed by atoms with E-state index in [1.54, 1.807) is 0 Å². The monoisotopic (exact) mass is 208 g/mol. The second kappa shape index (κ2) is 4.88. The van der Waals surface area contributed by atoms with Crippen LogP contribution in [0.1, 0.15) is 38.3 Å². The second-order valence-electron chi connectivity index (χ2n) is 4.78. The number of aryl methyl sites for hydroxylation is 1. The van der Waals surface area contributed by atoms with Gasteiger partial charge in [0, 0.05) is 0 Å². The van der Waals surface area contributed by atoms with Gasteiger partial charge in [0.2, 0.25) is 0 Å². The SMILES string of the molecule is CC(C)(C)c1cccc(CCCS)c1. The lowest BCUT2D eigenvalue weighted by atomic mass is 9.86. The van der Waals surface area contributed by atoms with Gasteiger partial charge >= 0.3 is 0 Å². The zero-order valence-corrected chi connectivity index (χ0v) is 10.3. The van der Waals surface area contributed by atoms with Crippen molar-refractivity contribution in [2.75, 3.05) is 5.75 Å². The van der Waals surface area contributed by atoms with E-state index in [2.05, 4.69) is 57.7 Å². The molecule has 0 bridgehead atoms. The van der Waals surface area contributed by atoms with Crippen molar-refractivity contribution in [3.05, 3.63) is 35.4 Å². The van der Waals surface area contributed by atoms with Gasteiger partial charge in [-0.2, -0.15) is 12.6 Å². The lowest BCUT2D eigenvalue weighted by Crippen LogP contribution is -2.11. The van der Waals surface area contributed by atoms with Crippen LogP contribution in [0.2, 0.25) is 0 Å². The Labute approximate surface area is 93.1 Å². The Kier molecular flexibility index (Phi) is 4.06. The van der Waals surface area contributed by atoms with Crippen molar-refractivity contribution in [1.29, 1.82) is 0 Å². The Hall–Kier alpha value is -0.430. The van der Waals surface area contributed by atoms with Crippen molar-refractivity contribution >= 4 is 12.6 Å². The van der Waals surface area contributed by atoms with Crippen LogP contribution in [0.3, 0.4) is 0 Å². The molecule has 0 spiro atoms. The summed E-state index contributed by atoms with van der Waals surface area (Å²) in [5, 5.41) is 0. The van der Waals surface area contributed by atoms with Crippen LogP contribution in [-0.4, -0.2) is 5.75 Å². The summed E-state index contributed by atoms with van der Waals surface area (Å²) in [4.78, 5) is 0. The highest BCUT2D eigenvalue weighted by molar-refractivity contribution is 7.80. The molecule has 1 aromatic carbocycles. The zero-order chi connectivity index (χ0) is 10.6. The van der Waals surface area contributed by atoms with Crippen LogP contribution >= 0.6 is 12.6 Å². The first-order valence-corrected chi connectivity index (χ1v) is 5.87. The zero-order valence-electron chi connectivity index (χ0n) is 9.38. The third-order valence-corrected chi connectivity index (χ3v) is 2.73. The first-order chi connectivity index (χ1) is 6.54. The van der Waals surface area contributed by atoms with Gasteiger partial charge in [-0.1, -0.05) is 45.0 Å². The molecule has 0 atom stereocenters. The molecule has 0 nitrogen and oxygen atoms in total. The molecule has 1 heteroatoms. The van der Waals surface area contributed by atoms with Gasteiger partial charge in [-0.3, -0.25) is 0 Å². The maximum Gasteiger partial charge on any atom is -0.00947 e. The molecule has 0 aromatic heterocycles. The molecule has 0 fully saturated rings. The van der Waals surface area contributed by atoms with Crippen LogP contribution in [0.5, 0.6) is 0 Å². The number of rotatable bonds is 3. The second-order valence-corrected chi connectivity index (χ2v) is 5.22. The fourth-order valence-corrected chi connectivity index (χ4v) is 1.63. The molecule has 1 aromatic rings. The summed E-state index contributed by atoms with van der Waals surface area (Å²) >= 11 is 4.23. The predicted molar refractivity (Wildman–Crippen MR) is 67.3 cm³/mol. The van der Waals surface area contributed by atoms with Crippen molar-refractivity contribution in [3.8, 4) is 0 Å². The highest BCUT2D eigenvalue weighted by Gasteiger charge is 2.13. The average molecular weight is 208 g/mol. The average Bonchev–Trinajstić information content (AvgIpc) is 2.14. The third-order valence-electron chi connectivity index (χ3n) is 2.42. The summed E-state index contributed by atoms with van der Waals surface area (Å²) in [6.45, 7) is 6.76. The molecule has 0 heterocycles. The van der Waals surface area contributed by atoms with Gasteiger partial charge in [0.15, 0.2) is 0 Å². The smallest absolute Gasteiger partial charge is 0.00947 e. The lowest BCUT2D eigenvalue weighted by Gasteiger charge is -2.19. The molecule has 0 aliphatic rings. The van der Waals surface area contributed by atoms with Gasteiger partial charge in [-0.25, -0.2) is 0 Å². The normalized spacial score (nSPS) is 11.7. The maximum absolute atomic E-state index is 4.23. The number of hydrogen-bond donors (Lipinski definition) is 1. The molecule has 0 aliphatic carbocycles. The fourth-order valence-electron chi connectivity index (χ4n) is 1.48. The van der Waals surface area contributed by atoms with E-state index < -0.39 is 0 Å². The van der Waals surface area contributed by atoms with Gasteiger partial charge in [0.25, 0.3) is 0 Å². The van der Waals surface area contributed by atoms with E-state index in [0.29, 0.717) is 0 Å². The molecule has 0 unspecified atom stereocenters. The van der Waals surface area contributed by atoms with Gasteiger partial charge < -0.3 is 0 Å². The van der Waals surface area contributed by atoms with Gasteiger partial charge in [-0.05, 0) is 35.1 Å². The van der Waals surface area contributed by atoms with Gasteiger partial charge in [0.1, 0.15) is 0 Å². The van der Waals surface area contributed by atoms with Gasteiger partial charge in [0.05, 0.1) is 0 Å². The molecule has 0 amide bonds. The van der Waals surface area contributed by atoms with E-state index in [9.17, 15) is 0 Å². The molecule has 0 saturated heterocycles. The van der Waals surface area contributed by atoms with Crippen molar-refractivity contribution in [1.82, 2.24) is 0 Å². The van der Waals surface area contributed by atoms with Crippen molar-refractivity contribution < 1.29 is 0 Å².